The Hall–Kier alpha value is -1.30. The molecule has 1 heterocycles. The van der Waals surface area contributed by atoms with Crippen LogP contribution in [0.15, 0.2) is 0 Å². The summed E-state index contributed by atoms with van der Waals surface area (Å²) >= 11 is 0. The van der Waals surface area contributed by atoms with Gasteiger partial charge in [-0.15, -0.1) is 0 Å². The van der Waals surface area contributed by atoms with Crippen LogP contribution in [0.3, 0.4) is 0 Å². The zero-order valence-electron chi connectivity index (χ0n) is 12.8. The van der Waals surface area contributed by atoms with Gasteiger partial charge in [0, 0.05) is 26.2 Å². The molecule has 1 aliphatic heterocycles. The third-order valence-corrected chi connectivity index (χ3v) is 4.13. The first-order valence-corrected chi connectivity index (χ1v) is 7.40. The number of likely N-dealkylation sites (tertiary alicyclic amines) is 1. The number of carbonyl (C=O) groups is 2. The molecule has 0 aromatic carbocycles. The predicted octanol–water partition coefficient (Wildman–Crippen LogP) is 1.22. The molecule has 20 heavy (non-hydrogen) atoms. The summed E-state index contributed by atoms with van der Waals surface area (Å²) in [6.45, 7) is 7.23. The lowest BCUT2D eigenvalue weighted by molar-refractivity contribution is -0.148. The Kier molecular flexibility index (Phi) is 6.26. The van der Waals surface area contributed by atoms with Crippen molar-refractivity contribution in [3.05, 3.63) is 0 Å². The zero-order chi connectivity index (χ0) is 15.2. The van der Waals surface area contributed by atoms with Gasteiger partial charge in [0.1, 0.15) is 0 Å². The number of hydrogen-bond acceptors (Lipinski definition) is 3. The van der Waals surface area contributed by atoms with Crippen LogP contribution in [0.25, 0.3) is 0 Å². The summed E-state index contributed by atoms with van der Waals surface area (Å²) in [5, 5.41) is 12.3. The van der Waals surface area contributed by atoms with Crippen molar-refractivity contribution in [2.75, 3.05) is 39.8 Å². The van der Waals surface area contributed by atoms with E-state index in [0.29, 0.717) is 32.5 Å². The third kappa shape index (κ3) is 4.10. The smallest absolute Gasteiger partial charge is 0.317 e. The van der Waals surface area contributed by atoms with Crippen LogP contribution in [0, 0.1) is 5.41 Å². The second-order valence-electron chi connectivity index (χ2n) is 5.63. The minimum absolute atomic E-state index is 0.145. The minimum atomic E-state index is -0.777. The van der Waals surface area contributed by atoms with Crippen LogP contribution < -0.4 is 5.32 Å². The number of urea groups is 1. The van der Waals surface area contributed by atoms with E-state index >= 15 is 0 Å². The first-order valence-electron chi connectivity index (χ1n) is 7.40. The van der Waals surface area contributed by atoms with Gasteiger partial charge in [0.25, 0.3) is 0 Å². The average molecular weight is 285 g/mol. The molecular weight excluding hydrogens is 258 g/mol. The van der Waals surface area contributed by atoms with Crippen LogP contribution in [0.2, 0.25) is 0 Å². The van der Waals surface area contributed by atoms with Gasteiger partial charge >= 0.3 is 12.0 Å². The molecule has 2 N–H and O–H groups in total. The van der Waals surface area contributed by atoms with Gasteiger partial charge in [-0.3, -0.25) is 4.79 Å². The van der Waals surface area contributed by atoms with Gasteiger partial charge in [0.2, 0.25) is 0 Å². The number of carboxylic acids is 1. The summed E-state index contributed by atoms with van der Waals surface area (Å²) in [7, 11) is 2.00. The Morgan fingerprint density at radius 2 is 2.10 bits per heavy atom. The van der Waals surface area contributed by atoms with Gasteiger partial charge in [-0.2, -0.15) is 0 Å². The summed E-state index contributed by atoms with van der Waals surface area (Å²) in [5.74, 6) is -0.777. The molecule has 1 atom stereocenters. The Morgan fingerprint density at radius 1 is 1.40 bits per heavy atom. The van der Waals surface area contributed by atoms with Gasteiger partial charge in [-0.1, -0.05) is 20.3 Å². The Labute approximate surface area is 121 Å². The van der Waals surface area contributed by atoms with E-state index in [1.807, 2.05) is 14.0 Å². The number of aliphatic carboxylic acids is 1. The monoisotopic (exact) mass is 285 g/mol. The van der Waals surface area contributed by atoms with E-state index in [4.69, 9.17) is 0 Å². The lowest BCUT2D eigenvalue weighted by Gasteiger charge is -2.24. The largest absolute Gasteiger partial charge is 0.481 e. The highest BCUT2D eigenvalue weighted by molar-refractivity contribution is 5.79. The molecule has 0 spiro atoms. The summed E-state index contributed by atoms with van der Waals surface area (Å²) in [5.41, 5.74) is -0.744. The number of likely N-dealkylation sites (N-methyl/N-ethyl adjacent to an activating group) is 1. The number of hydrogen-bond donors (Lipinski definition) is 2. The molecule has 0 aliphatic carbocycles. The van der Waals surface area contributed by atoms with Gasteiger partial charge in [0.15, 0.2) is 0 Å². The first-order chi connectivity index (χ1) is 9.45. The minimum Gasteiger partial charge on any atom is -0.481 e. The number of carboxylic acid groups (broad SMARTS) is 1. The fourth-order valence-electron chi connectivity index (χ4n) is 2.63. The van der Waals surface area contributed by atoms with E-state index in [-0.39, 0.29) is 6.03 Å². The lowest BCUT2D eigenvalue weighted by atomic mass is 9.83. The Bertz CT molecular complexity index is 349. The van der Waals surface area contributed by atoms with E-state index in [2.05, 4.69) is 17.1 Å². The molecule has 0 saturated carbocycles. The van der Waals surface area contributed by atoms with E-state index in [1.54, 1.807) is 4.90 Å². The van der Waals surface area contributed by atoms with Crippen LogP contribution >= 0.6 is 0 Å². The van der Waals surface area contributed by atoms with E-state index < -0.39 is 11.4 Å². The standard InChI is InChI=1S/C14H27N3O3/c1-4-6-14(12(18)19)7-9-17(11-14)13(20)15-8-10-16(3)5-2/h4-11H2,1-3H3,(H,15,20)(H,18,19). The van der Waals surface area contributed by atoms with Crippen molar-refractivity contribution in [1.29, 1.82) is 0 Å². The molecule has 116 valence electrons. The van der Waals surface area contributed by atoms with Crippen LogP contribution in [0.5, 0.6) is 0 Å². The normalized spacial score (nSPS) is 22.3. The summed E-state index contributed by atoms with van der Waals surface area (Å²) < 4.78 is 0. The predicted molar refractivity (Wildman–Crippen MR) is 77.7 cm³/mol. The molecule has 6 nitrogen and oxygen atoms in total. The number of nitrogens with zero attached hydrogens (tertiary/aromatic N) is 2. The number of rotatable bonds is 7. The summed E-state index contributed by atoms with van der Waals surface area (Å²) in [6.07, 6.45) is 2.01. The second-order valence-corrected chi connectivity index (χ2v) is 5.63. The van der Waals surface area contributed by atoms with Crippen molar-refractivity contribution >= 4 is 12.0 Å². The van der Waals surface area contributed by atoms with Gasteiger partial charge in [-0.05, 0) is 26.4 Å². The van der Waals surface area contributed by atoms with E-state index in [1.165, 1.54) is 0 Å². The van der Waals surface area contributed by atoms with E-state index in [9.17, 15) is 14.7 Å². The molecule has 0 aromatic heterocycles. The molecule has 1 rings (SSSR count). The molecule has 1 aliphatic rings. The molecular formula is C14H27N3O3. The number of carbonyl (C=O) groups excluding carboxylic acids is 1. The fraction of sp³-hybridized carbons (Fsp3) is 0.857. The van der Waals surface area contributed by atoms with Crippen molar-refractivity contribution < 1.29 is 14.7 Å². The second kappa shape index (κ2) is 7.47. The molecule has 0 aromatic rings. The van der Waals surface area contributed by atoms with Crippen molar-refractivity contribution in [2.45, 2.75) is 33.1 Å². The van der Waals surface area contributed by atoms with Crippen molar-refractivity contribution in [3.63, 3.8) is 0 Å². The van der Waals surface area contributed by atoms with Gasteiger partial charge in [0.05, 0.1) is 5.41 Å². The molecule has 2 amide bonds. The molecule has 1 unspecified atom stereocenters. The maximum absolute atomic E-state index is 12.0. The topological polar surface area (TPSA) is 72.9 Å². The van der Waals surface area contributed by atoms with E-state index in [0.717, 1.165) is 19.5 Å². The quantitative estimate of drug-likeness (QED) is 0.738. The van der Waals surface area contributed by atoms with Crippen LogP contribution in [0.1, 0.15) is 33.1 Å². The highest BCUT2D eigenvalue weighted by Crippen LogP contribution is 2.35. The Morgan fingerprint density at radius 3 is 2.65 bits per heavy atom. The van der Waals surface area contributed by atoms with Crippen LogP contribution in [-0.2, 0) is 4.79 Å². The SMILES string of the molecule is CCCC1(C(=O)O)CCN(C(=O)NCCN(C)CC)C1. The van der Waals surface area contributed by atoms with Crippen molar-refractivity contribution in [2.24, 2.45) is 5.41 Å². The molecule has 6 heteroatoms. The fourth-order valence-corrected chi connectivity index (χ4v) is 2.63. The highest BCUT2D eigenvalue weighted by Gasteiger charge is 2.45. The molecule has 1 fully saturated rings. The highest BCUT2D eigenvalue weighted by atomic mass is 16.4. The maximum Gasteiger partial charge on any atom is 0.317 e. The third-order valence-electron chi connectivity index (χ3n) is 4.13. The summed E-state index contributed by atoms with van der Waals surface area (Å²) in [6, 6.07) is -0.145. The lowest BCUT2D eigenvalue weighted by Crippen LogP contribution is -2.43. The van der Waals surface area contributed by atoms with Crippen molar-refractivity contribution in [3.8, 4) is 0 Å². The van der Waals surface area contributed by atoms with Crippen molar-refractivity contribution in [1.82, 2.24) is 15.1 Å². The zero-order valence-corrected chi connectivity index (χ0v) is 12.8. The molecule has 1 saturated heterocycles. The maximum atomic E-state index is 12.0. The molecule has 0 radical (unpaired) electrons. The molecule has 0 bridgehead atoms. The van der Waals surface area contributed by atoms with Crippen LogP contribution in [0.4, 0.5) is 4.79 Å². The van der Waals surface area contributed by atoms with Crippen LogP contribution in [-0.4, -0.2) is 66.7 Å². The van der Waals surface area contributed by atoms with Gasteiger partial charge < -0.3 is 20.2 Å². The number of amides is 2. The summed E-state index contributed by atoms with van der Waals surface area (Å²) in [4.78, 5) is 27.2. The first kappa shape index (κ1) is 16.8. The van der Waals surface area contributed by atoms with Gasteiger partial charge in [-0.25, -0.2) is 4.79 Å². The average Bonchev–Trinajstić information content (AvgIpc) is 2.84. The Balaban J connectivity index is 2.46. The number of nitrogens with one attached hydrogen (secondary N) is 1.